The van der Waals surface area contributed by atoms with Crippen molar-refractivity contribution in [1.29, 1.82) is 0 Å². The number of morpholine rings is 1. The molecule has 0 bridgehead atoms. The molecule has 2 aromatic rings. The Morgan fingerprint density at radius 1 is 1.00 bits per heavy atom. The molecule has 3 aliphatic heterocycles. The Labute approximate surface area is 189 Å². The second kappa shape index (κ2) is 8.84. The molecule has 0 aromatic heterocycles. The first kappa shape index (κ1) is 21.4. The van der Waals surface area contributed by atoms with Gasteiger partial charge in [-0.3, -0.25) is 14.5 Å². The van der Waals surface area contributed by atoms with Crippen LogP contribution in [-0.4, -0.2) is 72.8 Å². The minimum Gasteiger partial charge on any atom is -0.507 e. The van der Waals surface area contributed by atoms with E-state index >= 15 is 0 Å². The average molecular weight is 454 g/mol. The molecule has 3 aliphatic rings. The Kier molecular flexibility index (Phi) is 5.74. The number of likely N-dealkylation sites (tertiary alicyclic amines) is 1. The molecule has 0 radical (unpaired) electrons. The predicted octanol–water partition coefficient (Wildman–Crippen LogP) is 2.31. The first-order valence-electron chi connectivity index (χ1n) is 10.8. The molecule has 2 fully saturated rings. The fourth-order valence-corrected chi connectivity index (χ4v) is 4.38. The van der Waals surface area contributed by atoms with Gasteiger partial charge in [-0.15, -0.1) is 0 Å². The number of nitrogens with zero attached hydrogens (tertiary/aromatic N) is 2. The molecule has 3 heterocycles. The highest BCUT2D eigenvalue weighted by atomic mass is 19.1. The fourth-order valence-electron chi connectivity index (χ4n) is 4.38. The molecule has 1 unspecified atom stereocenters. The highest BCUT2D eigenvalue weighted by Crippen LogP contribution is 2.41. The number of ketones is 1. The first-order chi connectivity index (χ1) is 16.0. The quantitative estimate of drug-likeness (QED) is 0.421. The van der Waals surface area contributed by atoms with Crippen molar-refractivity contribution in [2.75, 3.05) is 46.2 Å². The standard InChI is InChI=1S/C24H23FN2O6/c25-17-4-1-15(2-5-17)21-20(22(28)16-3-6-18-19(13-16)33-14-32-18)23(29)24(30)27(21)8-7-26-9-11-31-12-10-26/h1-6,13,21,28H,7-12,14H2. The van der Waals surface area contributed by atoms with Crippen LogP contribution >= 0.6 is 0 Å². The zero-order valence-electron chi connectivity index (χ0n) is 17.8. The largest absolute Gasteiger partial charge is 0.507 e. The second-order valence-electron chi connectivity index (χ2n) is 8.07. The Morgan fingerprint density at radius 2 is 1.73 bits per heavy atom. The number of hydrogen-bond donors (Lipinski definition) is 1. The monoisotopic (exact) mass is 454 g/mol. The predicted molar refractivity (Wildman–Crippen MR) is 115 cm³/mol. The van der Waals surface area contributed by atoms with Crippen LogP contribution in [0, 0.1) is 5.82 Å². The van der Waals surface area contributed by atoms with E-state index in [1.165, 1.54) is 29.2 Å². The number of fused-ring (bicyclic) bond motifs is 1. The molecule has 1 amide bonds. The number of amides is 1. The number of aliphatic hydroxyl groups is 1. The molecule has 2 aromatic carbocycles. The molecule has 8 nitrogen and oxygen atoms in total. The van der Waals surface area contributed by atoms with Crippen LogP contribution in [0.3, 0.4) is 0 Å². The number of rotatable bonds is 5. The number of aliphatic hydroxyl groups excluding tert-OH is 1. The minimum absolute atomic E-state index is 0.0348. The Bertz CT molecular complexity index is 1110. The third kappa shape index (κ3) is 4.05. The van der Waals surface area contributed by atoms with Gasteiger partial charge in [0, 0.05) is 31.7 Å². The molecule has 33 heavy (non-hydrogen) atoms. The van der Waals surface area contributed by atoms with Crippen LogP contribution in [0.15, 0.2) is 48.0 Å². The highest BCUT2D eigenvalue weighted by molar-refractivity contribution is 6.46. The minimum atomic E-state index is -0.836. The summed E-state index contributed by atoms with van der Waals surface area (Å²) in [6.45, 7) is 3.61. The number of hydrogen-bond acceptors (Lipinski definition) is 7. The summed E-state index contributed by atoms with van der Waals surface area (Å²) in [7, 11) is 0. The topological polar surface area (TPSA) is 88.5 Å². The summed E-state index contributed by atoms with van der Waals surface area (Å²) >= 11 is 0. The van der Waals surface area contributed by atoms with Gasteiger partial charge < -0.3 is 24.2 Å². The fraction of sp³-hybridized carbons (Fsp3) is 0.333. The second-order valence-corrected chi connectivity index (χ2v) is 8.07. The molecule has 172 valence electrons. The maximum absolute atomic E-state index is 13.6. The van der Waals surface area contributed by atoms with E-state index in [4.69, 9.17) is 14.2 Å². The zero-order valence-corrected chi connectivity index (χ0v) is 17.8. The van der Waals surface area contributed by atoms with Crippen LogP contribution < -0.4 is 9.47 Å². The van der Waals surface area contributed by atoms with Crippen LogP contribution in [0.5, 0.6) is 11.5 Å². The van der Waals surface area contributed by atoms with Gasteiger partial charge in [-0.1, -0.05) is 12.1 Å². The van der Waals surface area contributed by atoms with Gasteiger partial charge in [0.2, 0.25) is 6.79 Å². The molecule has 1 N–H and O–H groups in total. The van der Waals surface area contributed by atoms with Gasteiger partial charge in [0.25, 0.3) is 11.7 Å². The SMILES string of the molecule is O=C1C(=O)N(CCN2CCOCC2)C(c2ccc(F)cc2)C1=C(O)c1ccc2c(c1)OCO2. The summed E-state index contributed by atoms with van der Waals surface area (Å²) in [5.41, 5.74) is 0.838. The van der Waals surface area contributed by atoms with Crippen molar-refractivity contribution in [1.82, 2.24) is 9.80 Å². The number of halogens is 1. The molecular weight excluding hydrogens is 431 g/mol. The van der Waals surface area contributed by atoms with Gasteiger partial charge >= 0.3 is 0 Å². The van der Waals surface area contributed by atoms with E-state index in [1.54, 1.807) is 18.2 Å². The van der Waals surface area contributed by atoms with Crippen molar-refractivity contribution >= 4 is 17.4 Å². The average Bonchev–Trinajstić information content (AvgIpc) is 3.41. The van der Waals surface area contributed by atoms with Crippen LogP contribution in [0.25, 0.3) is 5.76 Å². The van der Waals surface area contributed by atoms with Crippen LogP contribution in [0.2, 0.25) is 0 Å². The molecule has 5 rings (SSSR count). The van der Waals surface area contributed by atoms with Gasteiger partial charge in [-0.2, -0.15) is 0 Å². The normalized spacial score (nSPS) is 22.2. The number of carbonyl (C=O) groups is 2. The Morgan fingerprint density at radius 3 is 2.48 bits per heavy atom. The lowest BCUT2D eigenvalue weighted by Crippen LogP contribution is -2.42. The van der Waals surface area contributed by atoms with Crippen molar-refractivity contribution in [2.45, 2.75) is 6.04 Å². The van der Waals surface area contributed by atoms with Crippen molar-refractivity contribution in [2.24, 2.45) is 0 Å². The summed E-state index contributed by atoms with van der Waals surface area (Å²) in [5.74, 6) is -1.23. The van der Waals surface area contributed by atoms with Gasteiger partial charge in [-0.25, -0.2) is 4.39 Å². The summed E-state index contributed by atoms with van der Waals surface area (Å²) in [5, 5.41) is 11.1. The van der Waals surface area contributed by atoms with Crippen molar-refractivity contribution in [3.8, 4) is 11.5 Å². The van der Waals surface area contributed by atoms with Crippen molar-refractivity contribution in [3.05, 3.63) is 65.0 Å². The van der Waals surface area contributed by atoms with E-state index in [1.807, 2.05) is 0 Å². The first-order valence-corrected chi connectivity index (χ1v) is 10.8. The van der Waals surface area contributed by atoms with E-state index in [9.17, 15) is 19.1 Å². The van der Waals surface area contributed by atoms with E-state index in [0.717, 1.165) is 13.1 Å². The lowest BCUT2D eigenvalue weighted by Gasteiger charge is -2.31. The van der Waals surface area contributed by atoms with E-state index < -0.39 is 23.5 Å². The smallest absolute Gasteiger partial charge is 0.295 e. The molecule has 9 heteroatoms. The Hall–Kier alpha value is -3.43. The van der Waals surface area contributed by atoms with Gasteiger partial charge in [0.15, 0.2) is 11.5 Å². The summed E-state index contributed by atoms with van der Waals surface area (Å²) < 4.78 is 29.7. The van der Waals surface area contributed by atoms with E-state index in [0.29, 0.717) is 42.4 Å². The molecular formula is C24H23FN2O6. The maximum atomic E-state index is 13.6. The Balaban J connectivity index is 1.53. The van der Waals surface area contributed by atoms with Crippen LogP contribution in [0.1, 0.15) is 17.2 Å². The number of ether oxygens (including phenoxy) is 3. The van der Waals surface area contributed by atoms with Gasteiger partial charge in [0.05, 0.1) is 24.8 Å². The molecule has 0 aliphatic carbocycles. The maximum Gasteiger partial charge on any atom is 0.295 e. The van der Waals surface area contributed by atoms with Crippen LogP contribution in [-0.2, 0) is 14.3 Å². The van der Waals surface area contributed by atoms with E-state index in [2.05, 4.69) is 4.90 Å². The number of benzene rings is 2. The number of Topliss-reactive ketones (excluding diaryl/α,β-unsaturated/α-hetero) is 1. The highest BCUT2D eigenvalue weighted by Gasteiger charge is 2.46. The lowest BCUT2D eigenvalue weighted by atomic mass is 9.95. The number of carbonyl (C=O) groups excluding carboxylic acids is 2. The third-order valence-corrected chi connectivity index (χ3v) is 6.13. The zero-order chi connectivity index (χ0) is 22.9. The molecule has 0 spiro atoms. The van der Waals surface area contributed by atoms with Crippen molar-refractivity contribution in [3.63, 3.8) is 0 Å². The van der Waals surface area contributed by atoms with E-state index in [-0.39, 0.29) is 24.7 Å². The molecule has 2 saturated heterocycles. The summed E-state index contributed by atoms with van der Waals surface area (Å²) in [4.78, 5) is 29.7. The van der Waals surface area contributed by atoms with Gasteiger partial charge in [0.1, 0.15) is 11.6 Å². The summed E-state index contributed by atoms with van der Waals surface area (Å²) in [6, 6.07) is 9.58. The molecule has 0 saturated carbocycles. The third-order valence-electron chi connectivity index (χ3n) is 6.13. The lowest BCUT2D eigenvalue weighted by molar-refractivity contribution is -0.140. The van der Waals surface area contributed by atoms with Crippen LogP contribution in [0.4, 0.5) is 4.39 Å². The van der Waals surface area contributed by atoms with Crippen molar-refractivity contribution < 1.29 is 33.3 Å². The van der Waals surface area contributed by atoms with Gasteiger partial charge in [-0.05, 0) is 35.9 Å². The molecule has 1 atom stereocenters. The summed E-state index contributed by atoms with van der Waals surface area (Å²) in [6.07, 6.45) is 0.